The largest absolute Gasteiger partial charge is 0.376 e. The maximum absolute atomic E-state index is 5.49. The van der Waals surface area contributed by atoms with Crippen LogP contribution in [0.2, 0.25) is 0 Å². The van der Waals surface area contributed by atoms with Crippen molar-refractivity contribution in [1.29, 1.82) is 0 Å². The van der Waals surface area contributed by atoms with E-state index in [1.54, 1.807) is 0 Å². The number of nitrogens with one attached hydrogen (secondary N) is 1. The van der Waals surface area contributed by atoms with Crippen LogP contribution in [0, 0.1) is 0 Å². The molecule has 84 valence electrons. The molecule has 1 fully saturated rings. The lowest BCUT2D eigenvalue weighted by molar-refractivity contribution is 0.121. The second-order valence-corrected chi connectivity index (χ2v) is 4.98. The second kappa shape index (κ2) is 4.45. The number of hydrogen-bond acceptors (Lipinski definition) is 5. The van der Waals surface area contributed by atoms with Gasteiger partial charge in [0, 0.05) is 24.1 Å². The van der Waals surface area contributed by atoms with Crippen molar-refractivity contribution >= 4 is 16.7 Å². The van der Waals surface area contributed by atoms with Gasteiger partial charge in [0.05, 0.1) is 12.1 Å². The Morgan fingerprint density at radius 1 is 1.53 bits per heavy atom. The summed E-state index contributed by atoms with van der Waals surface area (Å²) < 4.78 is 9.80. The van der Waals surface area contributed by atoms with Gasteiger partial charge >= 0.3 is 0 Å². The highest BCUT2D eigenvalue weighted by molar-refractivity contribution is 7.09. The third-order valence-electron chi connectivity index (χ3n) is 2.64. The summed E-state index contributed by atoms with van der Waals surface area (Å²) in [6, 6.07) is 0.387. The number of nitrogens with zero attached hydrogens (tertiary/aromatic N) is 2. The Kier molecular flexibility index (Phi) is 3.21. The Bertz CT molecular complexity index is 326. The maximum Gasteiger partial charge on any atom is 0.202 e. The molecule has 5 heteroatoms. The lowest BCUT2D eigenvalue weighted by Gasteiger charge is -2.14. The standard InChI is InChI=1S/C10H17N3OS/c1-6(2)9-12-10(15-13-9)11-8-4-5-14-7(8)3/h6-8H,4-5H2,1-3H3,(H,11,12,13). The molecular weight excluding hydrogens is 210 g/mol. The van der Waals surface area contributed by atoms with Gasteiger partial charge in [0.1, 0.15) is 5.82 Å². The van der Waals surface area contributed by atoms with E-state index in [9.17, 15) is 0 Å². The summed E-state index contributed by atoms with van der Waals surface area (Å²) >= 11 is 1.44. The summed E-state index contributed by atoms with van der Waals surface area (Å²) in [4.78, 5) is 4.45. The molecule has 0 bridgehead atoms. The van der Waals surface area contributed by atoms with Crippen molar-refractivity contribution in [1.82, 2.24) is 9.36 Å². The second-order valence-electron chi connectivity index (χ2n) is 4.23. The van der Waals surface area contributed by atoms with Crippen molar-refractivity contribution in [3.05, 3.63) is 5.82 Å². The topological polar surface area (TPSA) is 47.0 Å². The molecule has 1 saturated heterocycles. The Morgan fingerprint density at radius 2 is 2.33 bits per heavy atom. The molecule has 0 radical (unpaired) electrons. The van der Waals surface area contributed by atoms with Crippen LogP contribution in [0.15, 0.2) is 0 Å². The number of hydrogen-bond donors (Lipinski definition) is 1. The number of anilines is 1. The summed E-state index contributed by atoms with van der Waals surface area (Å²) in [6.45, 7) is 7.14. The zero-order chi connectivity index (χ0) is 10.8. The zero-order valence-corrected chi connectivity index (χ0v) is 10.2. The molecule has 15 heavy (non-hydrogen) atoms. The highest BCUT2D eigenvalue weighted by Crippen LogP contribution is 2.22. The molecule has 1 aromatic heterocycles. The van der Waals surface area contributed by atoms with E-state index in [2.05, 4.69) is 35.4 Å². The van der Waals surface area contributed by atoms with Crippen LogP contribution >= 0.6 is 11.5 Å². The van der Waals surface area contributed by atoms with E-state index >= 15 is 0 Å². The van der Waals surface area contributed by atoms with E-state index in [-0.39, 0.29) is 6.10 Å². The first-order valence-corrected chi connectivity index (χ1v) is 6.16. The fraction of sp³-hybridized carbons (Fsp3) is 0.800. The fourth-order valence-corrected chi connectivity index (χ4v) is 2.38. The molecule has 2 rings (SSSR count). The summed E-state index contributed by atoms with van der Waals surface area (Å²) in [6.07, 6.45) is 1.33. The van der Waals surface area contributed by atoms with Gasteiger partial charge in [0.15, 0.2) is 0 Å². The van der Waals surface area contributed by atoms with Gasteiger partial charge < -0.3 is 10.1 Å². The molecule has 0 aromatic carbocycles. The highest BCUT2D eigenvalue weighted by atomic mass is 32.1. The Labute approximate surface area is 94.2 Å². The van der Waals surface area contributed by atoms with Gasteiger partial charge in [-0.1, -0.05) is 13.8 Å². The lowest BCUT2D eigenvalue weighted by atomic mass is 10.2. The van der Waals surface area contributed by atoms with Crippen LogP contribution in [0.1, 0.15) is 38.9 Å². The van der Waals surface area contributed by atoms with Crippen LogP contribution in [-0.4, -0.2) is 28.1 Å². The van der Waals surface area contributed by atoms with E-state index in [1.165, 1.54) is 11.5 Å². The molecule has 2 unspecified atom stereocenters. The van der Waals surface area contributed by atoms with Crippen molar-refractivity contribution in [2.24, 2.45) is 0 Å². The maximum atomic E-state index is 5.49. The van der Waals surface area contributed by atoms with E-state index < -0.39 is 0 Å². The smallest absolute Gasteiger partial charge is 0.202 e. The van der Waals surface area contributed by atoms with Crippen LogP contribution in [0.3, 0.4) is 0 Å². The molecule has 1 aliphatic heterocycles. The number of ether oxygens (including phenoxy) is 1. The van der Waals surface area contributed by atoms with Crippen LogP contribution in [0.25, 0.3) is 0 Å². The van der Waals surface area contributed by atoms with Crippen LogP contribution in [0.4, 0.5) is 5.13 Å². The van der Waals surface area contributed by atoms with Crippen molar-refractivity contribution < 1.29 is 4.74 Å². The van der Waals surface area contributed by atoms with E-state index in [0.29, 0.717) is 12.0 Å². The average molecular weight is 227 g/mol. The monoisotopic (exact) mass is 227 g/mol. The molecule has 0 amide bonds. The van der Waals surface area contributed by atoms with Gasteiger partial charge in [0.25, 0.3) is 0 Å². The number of rotatable bonds is 3. The summed E-state index contributed by atoms with van der Waals surface area (Å²) in [7, 11) is 0. The van der Waals surface area contributed by atoms with Gasteiger partial charge in [-0.2, -0.15) is 4.37 Å². The molecular formula is C10H17N3OS. The Morgan fingerprint density at radius 3 is 2.87 bits per heavy atom. The van der Waals surface area contributed by atoms with Crippen molar-refractivity contribution in [3.63, 3.8) is 0 Å². The molecule has 2 atom stereocenters. The molecule has 0 aliphatic carbocycles. The van der Waals surface area contributed by atoms with Gasteiger partial charge in [0.2, 0.25) is 5.13 Å². The average Bonchev–Trinajstić information content (AvgIpc) is 2.77. The molecule has 0 spiro atoms. The Hall–Kier alpha value is -0.680. The van der Waals surface area contributed by atoms with E-state index in [0.717, 1.165) is 24.0 Å². The third-order valence-corrected chi connectivity index (χ3v) is 3.30. The minimum atomic E-state index is 0.274. The molecule has 1 aromatic rings. The molecule has 2 heterocycles. The normalized spacial score (nSPS) is 26.1. The van der Waals surface area contributed by atoms with Crippen molar-refractivity contribution in [2.45, 2.75) is 45.3 Å². The first kappa shape index (κ1) is 10.8. The molecule has 1 N–H and O–H groups in total. The third kappa shape index (κ3) is 2.46. The predicted molar refractivity (Wildman–Crippen MR) is 61.4 cm³/mol. The van der Waals surface area contributed by atoms with Crippen LogP contribution in [-0.2, 0) is 4.74 Å². The Balaban J connectivity index is 1.98. The molecule has 0 saturated carbocycles. The van der Waals surface area contributed by atoms with Gasteiger partial charge in [-0.3, -0.25) is 0 Å². The predicted octanol–water partition coefficient (Wildman–Crippen LogP) is 2.25. The zero-order valence-electron chi connectivity index (χ0n) is 9.36. The van der Waals surface area contributed by atoms with Gasteiger partial charge in [-0.25, -0.2) is 4.98 Å². The first-order chi connectivity index (χ1) is 7.16. The highest BCUT2D eigenvalue weighted by Gasteiger charge is 2.25. The van der Waals surface area contributed by atoms with E-state index in [4.69, 9.17) is 4.74 Å². The van der Waals surface area contributed by atoms with Gasteiger partial charge in [-0.05, 0) is 13.3 Å². The quantitative estimate of drug-likeness (QED) is 0.860. The van der Waals surface area contributed by atoms with Crippen LogP contribution < -0.4 is 5.32 Å². The summed E-state index contributed by atoms with van der Waals surface area (Å²) in [5, 5.41) is 4.30. The minimum absolute atomic E-state index is 0.274. The molecule has 1 aliphatic rings. The lowest BCUT2D eigenvalue weighted by Crippen LogP contribution is -2.26. The van der Waals surface area contributed by atoms with E-state index in [1.807, 2.05) is 0 Å². The number of aromatic nitrogens is 2. The summed E-state index contributed by atoms with van der Waals surface area (Å²) in [5.41, 5.74) is 0. The first-order valence-electron chi connectivity index (χ1n) is 5.38. The molecule has 4 nitrogen and oxygen atoms in total. The summed E-state index contributed by atoms with van der Waals surface area (Å²) in [5.74, 6) is 1.32. The fourth-order valence-electron chi connectivity index (χ4n) is 1.61. The van der Waals surface area contributed by atoms with Crippen LogP contribution in [0.5, 0.6) is 0 Å². The minimum Gasteiger partial charge on any atom is -0.376 e. The SMILES string of the molecule is CC(C)c1nsc(NC2CCOC2C)n1. The van der Waals surface area contributed by atoms with Crippen molar-refractivity contribution in [2.75, 3.05) is 11.9 Å². The van der Waals surface area contributed by atoms with Gasteiger partial charge in [-0.15, -0.1) is 0 Å². The van der Waals surface area contributed by atoms with Crippen molar-refractivity contribution in [3.8, 4) is 0 Å².